The molecule has 4 amide bonds. The normalized spacial score (nSPS) is 28.1. The van der Waals surface area contributed by atoms with Crippen LogP contribution >= 0.6 is 11.3 Å². The first kappa shape index (κ1) is 28.5. The number of aromatic carboxylic acids is 1. The van der Waals surface area contributed by atoms with E-state index in [0.717, 1.165) is 70.2 Å². The van der Waals surface area contributed by atoms with Gasteiger partial charge in [0.1, 0.15) is 10.6 Å². The second kappa shape index (κ2) is 10.3. The SMILES string of the molecule is Cc1cc(/C=C2\C(=O)NC(=O)N(c3ccc(C45CC6CC(CC(C6)C4)C5)cc3)C2=O)c(C)n1-c1sc2c(c1C(=O)O)CCCC2. The van der Waals surface area contributed by atoms with Gasteiger partial charge < -0.3 is 9.67 Å². The number of hydrogen-bond donors (Lipinski definition) is 2. The number of anilines is 1. The molecule has 2 N–H and O–H groups in total. The van der Waals surface area contributed by atoms with Crippen LogP contribution in [0.3, 0.4) is 0 Å². The molecule has 0 atom stereocenters. The van der Waals surface area contributed by atoms with Crippen molar-refractivity contribution in [1.29, 1.82) is 0 Å². The molecule has 45 heavy (non-hydrogen) atoms. The van der Waals surface area contributed by atoms with E-state index in [0.29, 0.717) is 21.8 Å². The maximum Gasteiger partial charge on any atom is 0.339 e. The molecular weight excluding hydrogens is 586 g/mol. The molecule has 8 nitrogen and oxygen atoms in total. The van der Waals surface area contributed by atoms with Crippen LogP contribution < -0.4 is 10.2 Å². The molecule has 0 radical (unpaired) electrons. The summed E-state index contributed by atoms with van der Waals surface area (Å²) >= 11 is 1.51. The summed E-state index contributed by atoms with van der Waals surface area (Å²) in [5.41, 5.74) is 5.22. The minimum absolute atomic E-state index is 0.135. The zero-order valence-corrected chi connectivity index (χ0v) is 26.5. The van der Waals surface area contributed by atoms with Crippen LogP contribution in [0.1, 0.15) is 94.7 Å². The van der Waals surface area contributed by atoms with Crippen molar-refractivity contribution in [1.82, 2.24) is 9.88 Å². The molecule has 3 aromatic rings. The monoisotopic (exact) mass is 623 g/mol. The van der Waals surface area contributed by atoms with E-state index in [4.69, 9.17) is 0 Å². The van der Waals surface area contributed by atoms with Crippen molar-refractivity contribution in [3.05, 3.63) is 74.4 Å². The van der Waals surface area contributed by atoms with Gasteiger partial charge in [-0.1, -0.05) is 12.1 Å². The van der Waals surface area contributed by atoms with Gasteiger partial charge in [0, 0.05) is 16.3 Å². The van der Waals surface area contributed by atoms with Crippen molar-refractivity contribution in [2.24, 2.45) is 17.8 Å². The Labute approximate surface area is 266 Å². The van der Waals surface area contributed by atoms with E-state index < -0.39 is 23.8 Å². The van der Waals surface area contributed by atoms with Crippen molar-refractivity contribution in [3.8, 4) is 5.00 Å². The van der Waals surface area contributed by atoms with Gasteiger partial charge in [-0.3, -0.25) is 14.9 Å². The van der Waals surface area contributed by atoms with Gasteiger partial charge in [0.15, 0.2) is 0 Å². The zero-order valence-electron chi connectivity index (χ0n) is 25.7. The third kappa shape index (κ3) is 4.45. The summed E-state index contributed by atoms with van der Waals surface area (Å²) in [6.45, 7) is 3.75. The molecule has 6 aliphatic rings. The molecule has 9 rings (SSSR count). The molecule has 232 valence electrons. The van der Waals surface area contributed by atoms with E-state index in [1.807, 2.05) is 36.6 Å². The fraction of sp³-hybridized carbons (Fsp3) is 0.444. The topological polar surface area (TPSA) is 109 Å². The van der Waals surface area contributed by atoms with Crippen LogP contribution in [0, 0.1) is 31.6 Å². The van der Waals surface area contributed by atoms with E-state index in [-0.39, 0.29) is 11.0 Å². The quantitative estimate of drug-likeness (QED) is 0.238. The molecule has 5 aliphatic carbocycles. The Balaban J connectivity index is 1.11. The highest BCUT2D eigenvalue weighted by molar-refractivity contribution is 7.15. The highest BCUT2D eigenvalue weighted by Crippen LogP contribution is 2.60. The minimum Gasteiger partial charge on any atom is -0.478 e. The van der Waals surface area contributed by atoms with Crippen molar-refractivity contribution in [3.63, 3.8) is 0 Å². The van der Waals surface area contributed by atoms with E-state index >= 15 is 0 Å². The summed E-state index contributed by atoms with van der Waals surface area (Å²) in [5, 5.41) is 13.2. The fourth-order valence-corrected chi connectivity index (χ4v) is 11.1. The Bertz CT molecular complexity index is 1790. The highest BCUT2D eigenvalue weighted by Gasteiger charge is 2.51. The third-order valence-electron chi connectivity index (χ3n) is 11.2. The summed E-state index contributed by atoms with van der Waals surface area (Å²) in [7, 11) is 0. The van der Waals surface area contributed by atoms with Gasteiger partial charge in [0.05, 0.1) is 11.3 Å². The Morgan fingerprint density at radius 1 is 0.978 bits per heavy atom. The van der Waals surface area contributed by atoms with Crippen molar-refractivity contribution >= 4 is 46.9 Å². The molecule has 0 unspecified atom stereocenters. The van der Waals surface area contributed by atoms with Crippen molar-refractivity contribution in [2.45, 2.75) is 83.5 Å². The zero-order chi connectivity index (χ0) is 31.2. The van der Waals surface area contributed by atoms with Crippen molar-refractivity contribution < 1.29 is 24.3 Å². The number of aromatic nitrogens is 1. The predicted octanol–water partition coefficient (Wildman–Crippen LogP) is 6.87. The van der Waals surface area contributed by atoms with Crippen LogP contribution in [0.25, 0.3) is 11.1 Å². The number of hydrogen-bond acceptors (Lipinski definition) is 5. The highest BCUT2D eigenvalue weighted by atomic mass is 32.1. The molecule has 2 aromatic heterocycles. The van der Waals surface area contributed by atoms with Gasteiger partial charge in [0.25, 0.3) is 11.8 Å². The van der Waals surface area contributed by atoms with Crippen LogP contribution in [0.4, 0.5) is 10.5 Å². The Morgan fingerprint density at radius 3 is 2.27 bits per heavy atom. The summed E-state index contributed by atoms with van der Waals surface area (Å²) in [6, 6.07) is 8.95. The lowest BCUT2D eigenvalue weighted by Gasteiger charge is -2.57. The van der Waals surface area contributed by atoms with Gasteiger partial charge in [0.2, 0.25) is 0 Å². The number of urea groups is 1. The number of imide groups is 2. The fourth-order valence-electron chi connectivity index (χ4n) is 9.65. The molecule has 1 saturated heterocycles. The lowest BCUT2D eigenvalue weighted by molar-refractivity contribution is -0.122. The van der Waals surface area contributed by atoms with Crippen LogP contribution in [-0.2, 0) is 27.8 Å². The lowest BCUT2D eigenvalue weighted by Crippen LogP contribution is -2.54. The first-order valence-electron chi connectivity index (χ1n) is 16.2. The number of nitrogens with zero attached hydrogens (tertiary/aromatic N) is 2. The maximum atomic E-state index is 13.8. The Kier molecular flexibility index (Phi) is 6.50. The summed E-state index contributed by atoms with van der Waals surface area (Å²) in [6.07, 6.45) is 12.9. The van der Waals surface area contributed by atoms with Gasteiger partial charge in [-0.2, -0.15) is 0 Å². The van der Waals surface area contributed by atoms with E-state index in [1.165, 1.54) is 61.5 Å². The Hall–Kier alpha value is -3.98. The Morgan fingerprint density at radius 2 is 1.62 bits per heavy atom. The molecule has 0 spiro atoms. The number of benzene rings is 1. The van der Waals surface area contributed by atoms with Crippen molar-refractivity contribution in [2.75, 3.05) is 4.90 Å². The third-order valence-corrected chi connectivity index (χ3v) is 12.5. The number of carboxylic acid groups (broad SMARTS) is 1. The summed E-state index contributed by atoms with van der Waals surface area (Å²) in [4.78, 5) is 54.4. The number of carbonyl (C=O) groups excluding carboxylic acids is 3. The first-order valence-corrected chi connectivity index (χ1v) is 17.0. The second-order valence-electron chi connectivity index (χ2n) is 14.1. The van der Waals surface area contributed by atoms with Crippen LogP contribution in [-0.4, -0.2) is 33.5 Å². The number of aryl methyl sites for hydroxylation is 2. The molecule has 9 heteroatoms. The lowest BCUT2D eigenvalue weighted by atomic mass is 9.48. The molecule has 3 heterocycles. The number of thiophene rings is 1. The number of fused-ring (bicyclic) bond motifs is 1. The summed E-state index contributed by atoms with van der Waals surface area (Å²) in [5.74, 6) is 0.0795. The van der Waals surface area contributed by atoms with Gasteiger partial charge in [-0.05, 0) is 142 Å². The number of nitrogens with one attached hydrogen (secondary N) is 1. The van der Waals surface area contributed by atoms with Gasteiger partial charge in [-0.25, -0.2) is 14.5 Å². The smallest absolute Gasteiger partial charge is 0.339 e. The average molecular weight is 624 g/mol. The van der Waals surface area contributed by atoms with Gasteiger partial charge >= 0.3 is 12.0 Å². The van der Waals surface area contributed by atoms with Gasteiger partial charge in [-0.15, -0.1) is 11.3 Å². The number of amides is 4. The van der Waals surface area contributed by atoms with E-state index in [2.05, 4.69) is 17.4 Å². The maximum absolute atomic E-state index is 13.8. The number of carboxylic acids is 1. The second-order valence-corrected chi connectivity index (χ2v) is 15.1. The van der Waals surface area contributed by atoms with Crippen LogP contribution in [0.5, 0.6) is 0 Å². The van der Waals surface area contributed by atoms with E-state index in [9.17, 15) is 24.3 Å². The minimum atomic E-state index is -0.943. The molecule has 5 fully saturated rings. The van der Waals surface area contributed by atoms with Crippen LogP contribution in [0.2, 0.25) is 0 Å². The molecule has 1 aliphatic heterocycles. The molecule has 4 saturated carbocycles. The van der Waals surface area contributed by atoms with Crippen LogP contribution in [0.15, 0.2) is 35.9 Å². The largest absolute Gasteiger partial charge is 0.478 e. The average Bonchev–Trinajstić information content (AvgIpc) is 3.50. The van der Waals surface area contributed by atoms with E-state index in [1.54, 1.807) is 0 Å². The number of carbonyl (C=O) groups is 4. The standard InChI is InChI=1S/C36H37N3O5S/c1-19-11-24(20(2)38(19)33-30(34(42)43)27-5-3-4-6-29(27)45-33)15-28-31(40)37-35(44)39(32(28)41)26-9-7-25(8-10-26)36-16-21-12-22(17-36)14-23(13-21)18-36/h7-11,15,21-23H,3-6,12-14,16-18H2,1-2H3,(H,42,43)(H,37,40,44)/b28-15+. The summed E-state index contributed by atoms with van der Waals surface area (Å²) < 4.78 is 1.91. The molecular formula is C36H37N3O5S. The molecule has 4 bridgehead atoms. The first-order chi connectivity index (χ1) is 21.6. The number of barbiturate groups is 1. The molecule has 1 aromatic carbocycles. The number of rotatable bonds is 5. The predicted molar refractivity (Wildman–Crippen MR) is 172 cm³/mol.